The zero-order valence-electron chi connectivity index (χ0n) is 8.58. The first-order chi connectivity index (χ1) is 6.26. The van der Waals surface area contributed by atoms with Gasteiger partial charge in [0.05, 0.1) is 13.2 Å². The van der Waals surface area contributed by atoms with Crippen LogP contribution < -0.4 is 0 Å². The lowest BCUT2D eigenvalue weighted by Crippen LogP contribution is -2.32. The molecule has 3 heteroatoms. The highest BCUT2D eigenvalue weighted by Gasteiger charge is 2.24. The minimum atomic E-state index is -0.0926. The number of esters is 1. The van der Waals surface area contributed by atoms with Crippen LogP contribution in [0.2, 0.25) is 0 Å². The third-order valence-electron chi connectivity index (χ3n) is 2.32. The van der Waals surface area contributed by atoms with E-state index >= 15 is 0 Å². The topological polar surface area (TPSA) is 29.5 Å². The van der Waals surface area contributed by atoms with Crippen molar-refractivity contribution in [1.82, 2.24) is 4.90 Å². The Balaban J connectivity index is 2.17. The minimum absolute atomic E-state index is 0.0926. The molecule has 1 aliphatic carbocycles. The number of carbonyl (C=O) groups excluding carboxylic acids is 1. The number of ether oxygens (including phenoxy) is 1. The molecule has 0 radical (unpaired) electrons. The molecule has 1 fully saturated rings. The van der Waals surface area contributed by atoms with E-state index in [0.29, 0.717) is 13.2 Å². The summed E-state index contributed by atoms with van der Waals surface area (Å²) in [5.74, 6) is 0.749. The molecule has 1 saturated carbocycles. The number of nitrogens with zero attached hydrogens (tertiary/aromatic N) is 1. The Morgan fingerprint density at radius 1 is 1.46 bits per heavy atom. The fourth-order valence-corrected chi connectivity index (χ4v) is 1.36. The maximum atomic E-state index is 11.2. The predicted octanol–water partition coefficient (Wildman–Crippen LogP) is 1.28. The van der Waals surface area contributed by atoms with E-state index in [1.54, 1.807) is 0 Å². The fourth-order valence-electron chi connectivity index (χ4n) is 1.36. The van der Waals surface area contributed by atoms with Gasteiger partial charge in [0, 0.05) is 6.54 Å². The molecule has 0 aliphatic heterocycles. The lowest BCUT2D eigenvalue weighted by Gasteiger charge is -2.18. The number of hydrogen-bond acceptors (Lipinski definition) is 3. The Bertz CT molecular complexity index is 166. The van der Waals surface area contributed by atoms with Crippen LogP contribution in [0.5, 0.6) is 0 Å². The molecule has 0 atom stereocenters. The minimum Gasteiger partial charge on any atom is -0.465 e. The summed E-state index contributed by atoms with van der Waals surface area (Å²) in [5.41, 5.74) is 0. The molecule has 0 unspecified atom stereocenters. The molecule has 76 valence electrons. The van der Waals surface area contributed by atoms with E-state index in [1.165, 1.54) is 12.8 Å². The van der Waals surface area contributed by atoms with E-state index in [9.17, 15) is 4.79 Å². The van der Waals surface area contributed by atoms with E-state index < -0.39 is 0 Å². The third-order valence-corrected chi connectivity index (χ3v) is 2.32. The van der Waals surface area contributed by atoms with Crippen LogP contribution in [0.25, 0.3) is 0 Å². The molecule has 13 heavy (non-hydrogen) atoms. The van der Waals surface area contributed by atoms with E-state index in [4.69, 9.17) is 4.74 Å². The van der Waals surface area contributed by atoms with Gasteiger partial charge in [0.25, 0.3) is 0 Å². The van der Waals surface area contributed by atoms with Crippen molar-refractivity contribution in [2.24, 2.45) is 5.92 Å². The SMILES string of the molecule is CCOC(=O)CN(CC)CC1CC1. The van der Waals surface area contributed by atoms with Gasteiger partial charge in [-0.2, -0.15) is 0 Å². The van der Waals surface area contributed by atoms with Gasteiger partial charge in [-0.05, 0) is 32.2 Å². The second-order valence-corrected chi connectivity index (χ2v) is 3.58. The van der Waals surface area contributed by atoms with Gasteiger partial charge in [-0.3, -0.25) is 9.69 Å². The molecule has 0 heterocycles. The molecular weight excluding hydrogens is 166 g/mol. The third kappa shape index (κ3) is 4.27. The standard InChI is InChI=1S/C10H19NO2/c1-3-11(7-9-5-6-9)8-10(12)13-4-2/h9H,3-8H2,1-2H3. The Hall–Kier alpha value is -0.570. The maximum absolute atomic E-state index is 11.2. The van der Waals surface area contributed by atoms with Gasteiger partial charge in [0.15, 0.2) is 0 Å². The zero-order valence-corrected chi connectivity index (χ0v) is 8.58. The summed E-state index contributed by atoms with van der Waals surface area (Å²) in [6, 6.07) is 0. The zero-order chi connectivity index (χ0) is 9.68. The number of hydrogen-bond donors (Lipinski definition) is 0. The van der Waals surface area contributed by atoms with Crippen LogP contribution in [0.15, 0.2) is 0 Å². The van der Waals surface area contributed by atoms with Crippen molar-refractivity contribution in [3.8, 4) is 0 Å². The van der Waals surface area contributed by atoms with Crippen molar-refractivity contribution in [3.05, 3.63) is 0 Å². The Morgan fingerprint density at radius 3 is 2.62 bits per heavy atom. The van der Waals surface area contributed by atoms with Crippen LogP contribution in [0.1, 0.15) is 26.7 Å². The quantitative estimate of drug-likeness (QED) is 0.584. The molecule has 0 N–H and O–H groups in total. The van der Waals surface area contributed by atoms with Crippen LogP contribution in [-0.2, 0) is 9.53 Å². The number of rotatable bonds is 6. The van der Waals surface area contributed by atoms with E-state index in [-0.39, 0.29) is 5.97 Å². The van der Waals surface area contributed by atoms with Crippen molar-refractivity contribution < 1.29 is 9.53 Å². The second-order valence-electron chi connectivity index (χ2n) is 3.58. The van der Waals surface area contributed by atoms with Gasteiger partial charge in [0.1, 0.15) is 0 Å². The molecule has 0 spiro atoms. The molecule has 0 aromatic heterocycles. The highest BCUT2D eigenvalue weighted by atomic mass is 16.5. The molecule has 0 bridgehead atoms. The molecule has 1 rings (SSSR count). The lowest BCUT2D eigenvalue weighted by molar-refractivity contribution is -0.144. The molecule has 3 nitrogen and oxygen atoms in total. The summed E-state index contributed by atoms with van der Waals surface area (Å²) in [7, 11) is 0. The molecule has 1 aliphatic rings. The first kappa shape index (κ1) is 10.5. The van der Waals surface area contributed by atoms with Gasteiger partial charge in [-0.15, -0.1) is 0 Å². The monoisotopic (exact) mass is 185 g/mol. The molecule has 0 amide bonds. The van der Waals surface area contributed by atoms with E-state index in [2.05, 4.69) is 11.8 Å². The Labute approximate surface area is 80.1 Å². The van der Waals surface area contributed by atoms with Crippen molar-refractivity contribution in [1.29, 1.82) is 0 Å². The van der Waals surface area contributed by atoms with E-state index in [1.807, 2.05) is 6.92 Å². The van der Waals surface area contributed by atoms with Crippen LogP contribution in [0.4, 0.5) is 0 Å². The van der Waals surface area contributed by atoms with Crippen LogP contribution in [-0.4, -0.2) is 37.1 Å². The lowest BCUT2D eigenvalue weighted by atomic mass is 10.3. The van der Waals surface area contributed by atoms with Gasteiger partial charge in [-0.1, -0.05) is 6.92 Å². The number of carbonyl (C=O) groups is 1. The second kappa shape index (κ2) is 5.22. The van der Waals surface area contributed by atoms with Gasteiger partial charge in [-0.25, -0.2) is 0 Å². The fraction of sp³-hybridized carbons (Fsp3) is 0.900. The highest BCUT2D eigenvalue weighted by Crippen LogP contribution is 2.29. The van der Waals surface area contributed by atoms with Crippen molar-refractivity contribution in [3.63, 3.8) is 0 Å². The summed E-state index contributed by atoms with van der Waals surface area (Å²) < 4.78 is 4.90. The largest absolute Gasteiger partial charge is 0.465 e. The molecular formula is C10H19NO2. The van der Waals surface area contributed by atoms with Crippen molar-refractivity contribution >= 4 is 5.97 Å². The summed E-state index contributed by atoms with van der Waals surface area (Å²) in [5, 5.41) is 0. The summed E-state index contributed by atoms with van der Waals surface area (Å²) in [4.78, 5) is 13.3. The summed E-state index contributed by atoms with van der Waals surface area (Å²) in [6.07, 6.45) is 2.67. The van der Waals surface area contributed by atoms with Gasteiger partial charge in [0.2, 0.25) is 0 Å². The predicted molar refractivity (Wildman–Crippen MR) is 51.5 cm³/mol. The van der Waals surface area contributed by atoms with Crippen molar-refractivity contribution in [2.75, 3.05) is 26.2 Å². The van der Waals surface area contributed by atoms with Crippen LogP contribution in [0.3, 0.4) is 0 Å². The average Bonchev–Trinajstić information content (AvgIpc) is 2.87. The molecule has 0 saturated heterocycles. The van der Waals surface area contributed by atoms with Crippen LogP contribution in [0, 0.1) is 5.92 Å². The first-order valence-electron chi connectivity index (χ1n) is 5.14. The van der Waals surface area contributed by atoms with Gasteiger partial charge >= 0.3 is 5.97 Å². The summed E-state index contributed by atoms with van der Waals surface area (Å²) in [6.45, 7) is 6.88. The first-order valence-corrected chi connectivity index (χ1v) is 5.14. The average molecular weight is 185 g/mol. The number of likely N-dealkylation sites (N-methyl/N-ethyl adjacent to an activating group) is 1. The van der Waals surface area contributed by atoms with Gasteiger partial charge < -0.3 is 4.74 Å². The molecule has 0 aromatic rings. The van der Waals surface area contributed by atoms with Crippen LogP contribution >= 0.6 is 0 Å². The Morgan fingerprint density at radius 2 is 2.15 bits per heavy atom. The summed E-state index contributed by atoms with van der Waals surface area (Å²) >= 11 is 0. The molecule has 0 aromatic carbocycles. The maximum Gasteiger partial charge on any atom is 0.320 e. The smallest absolute Gasteiger partial charge is 0.320 e. The highest BCUT2D eigenvalue weighted by molar-refractivity contribution is 5.71. The van der Waals surface area contributed by atoms with E-state index in [0.717, 1.165) is 19.0 Å². The Kier molecular flexibility index (Phi) is 4.22. The van der Waals surface area contributed by atoms with Crippen molar-refractivity contribution in [2.45, 2.75) is 26.7 Å². The normalized spacial score (nSPS) is 16.2.